The van der Waals surface area contributed by atoms with Crippen LogP contribution in [0, 0.1) is 5.82 Å². The molecule has 0 unspecified atom stereocenters. The lowest BCUT2D eigenvalue weighted by Gasteiger charge is -2.11. The molecule has 1 aromatic heterocycles. The fraction of sp³-hybridized carbons (Fsp3) is 0.182. The van der Waals surface area contributed by atoms with Gasteiger partial charge in [0.2, 0.25) is 0 Å². The average Bonchev–Trinajstić information content (AvgIpc) is 2.63. The molecule has 0 aliphatic rings. The van der Waals surface area contributed by atoms with Gasteiger partial charge in [-0.05, 0) is 12.1 Å². The standard InChI is InChI=1S/C11H9F3N2O/c1-11(13,14)6-2-3-8(12)7(4-6)9-5-10(15)16-17-9/h2-5H,1H3,(H2,15,16). The molecule has 0 fully saturated rings. The molecule has 0 amide bonds. The fourth-order valence-electron chi connectivity index (χ4n) is 1.40. The van der Waals surface area contributed by atoms with Gasteiger partial charge >= 0.3 is 0 Å². The van der Waals surface area contributed by atoms with Gasteiger partial charge in [0.1, 0.15) is 5.82 Å². The van der Waals surface area contributed by atoms with Gasteiger partial charge < -0.3 is 10.3 Å². The lowest BCUT2D eigenvalue weighted by molar-refractivity contribution is 0.0174. The van der Waals surface area contributed by atoms with E-state index in [1.807, 2.05) is 0 Å². The van der Waals surface area contributed by atoms with Crippen molar-refractivity contribution in [2.24, 2.45) is 0 Å². The Kier molecular flexibility index (Phi) is 2.57. The zero-order valence-corrected chi connectivity index (χ0v) is 8.88. The van der Waals surface area contributed by atoms with Crippen molar-refractivity contribution in [1.82, 2.24) is 5.16 Å². The van der Waals surface area contributed by atoms with Gasteiger partial charge in [-0.25, -0.2) is 13.2 Å². The maximum absolute atomic E-state index is 13.5. The van der Waals surface area contributed by atoms with Crippen LogP contribution in [0.25, 0.3) is 11.3 Å². The van der Waals surface area contributed by atoms with E-state index in [1.165, 1.54) is 6.07 Å². The quantitative estimate of drug-likeness (QED) is 0.879. The molecule has 2 aromatic rings. The maximum atomic E-state index is 13.5. The summed E-state index contributed by atoms with van der Waals surface area (Å²) in [5.41, 5.74) is 4.92. The van der Waals surface area contributed by atoms with E-state index in [0.29, 0.717) is 0 Å². The summed E-state index contributed by atoms with van der Waals surface area (Å²) in [6.45, 7) is 0.735. The Hall–Kier alpha value is -1.98. The van der Waals surface area contributed by atoms with E-state index in [2.05, 4.69) is 5.16 Å². The number of alkyl halides is 2. The van der Waals surface area contributed by atoms with Gasteiger partial charge in [-0.1, -0.05) is 11.2 Å². The summed E-state index contributed by atoms with van der Waals surface area (Å²) in [4.78, 5) is 0. The van der Waals surface area contributed by atoms with E-state index < -0.39 is 11.7 Å². The SMILES string of the molecule is CC(F)(F)c1ccc(F)c(-c2cc(N)no2)c1. The zero-order valence-electron chi connectivity index (χ0n) is 8.88. The van der Waals surface area contributed by atoms with E-state index in [1.54, 1.807) is 0 Å². The summed E-state index contributed by atoms with van der Waals surface area (Å²) in [5.74, 6) is -3.64. The van der Waals surface area contributed by atoms with Gasteiger partial charge in [0.15, 0.2) is 11.6 Å². The Morgan fingerprint density at radius 3 is 2.53 bits per heavy atom. The second kappa shape index (κ2) is 3.80. The Balaban J connectivity index is 2.54. The zero-order chi connectivity index (χ0) is 12.6. The molecule has 0 spiro atoms. The highest BCUT2D eigenvalue weighted by atomic mass is 19.3. The Labute approximate surface area is 95.0 Å². The highest BCUT2D eigenvalue weighted by Crippen LogP contribution is 2.32. The molecule has 0 radical (unpaired) electrons. The molecule has 3 nitrogen and oxygen atoms in total. The van der Waals surface area contributed by atoms with Crippen molar-refractivity contribution in [3.05, 3.63) is 35.6 Å². The van der Waals surface area contributed by atoms with Gasteiger partial charge in [-0.15, -0.1) is 0 Å². The summed E-state index contributed by atoms with van der Waals surface area (Å²) >= 11 is 0. The normalized spacial score (nSPS) is 11.8. The first-order valence-corrected chi connectivity index (χ1v) is 4.78. The highest BCUT2D eigenvalue weighted by Gasteiger charge is 2.26. The summed E-state index contributed by atoms with van der Waals surface area (Å²) in [5, 5.41) is 3.37. The number of nitrogen functional groups attached to an aromatic ring is 1. The van der Waals surface area contributed by atoms with Crippen molar-refractivity contribution in [1.29, 1.82) is 0 Å². The van der Waals surface area contributed by atoms with Crippen LogP contribution in [0.1, 0.15) is 12.5 Å². The first-order chi connectivity index (χ1) is 7.88. The molecule has 6 heteroatoms. The summed E-state index contributed by atoms with van der Waals surface area (Å²) in [6, 6.07) is 4.28. The maximum Gasteiger partial charge on any atom is 0.270 e. The predicted molar refractivity (Wildman–Crippen MR) is 55.9 cm³/mol. The van der Waals surface area contributed by atoms with E-state index in [0.717, 1.165) is 25.1 Å². The topological polar surface area (TPSA) is 52.0 Å². The molecule has 1 heterocycles. The minimum atomic E-state index is -3.05. The van der Waals surface area contributed by atoms with Gasteiger partial charge in [-0.3, -0.25) is 0 Å². The van der Waals surface area contributed by atoms with Crippen molar-refractivity contribution in [3.63, 3.8) is 0 Å². The minimum Gasteiger partial charge on any atom is -0.381 e. The molecule has 90 valence electrons. The number of nitrogens with zero attached hydrogens (tertiary/aromatic N) is 1. The lowest BCUT2D eigenvalue weighted by Crippen LogP contribution is -2.07. The molecule has 1 aromatic carbocycles. The third-order valence-corrected chi connectivity index (χ3v) is 2.27. The van der Waals surface area contributed by atoms with E-state index >= 15 is 0 Å². The summed E-state index contributed by atoms with van der Waals surface area (Å²) in [6.07, 6.45) is 0. The highest BCUT2D eigenvalue weighted by molar-refractivity contribution is 5.61. The van der Waals surface area contributed by atoms with Crippen molar-refractivity contribution in [3.8, 4) is 11.3 Å². The third-order valence-electron chi connectivity index (χ3n) is 2.27. The van der Waals surface area contributed by atoms with Gasteiger partial charge in [0, 0.05) is 18.6 Å². The average molecular weight is 242 g/mol. The van der Waals surface area contributed by atoms with Gasteiger partial charge in [0.05, 0.1) is 5.56 Å². The van der Waals surface area contributed by atoms with Crippen molar-refractivity contribution in [2.75, 3.05) is 5.73 Å². The van der Waals surface area contributed by atoms with Crippen molar-refractivity contribution < 1.29 is 17.7 Å². The molecule has 2 N–H and O–H groups in total. The molecule has 0 aliphatic heterocycles. The van der Waals surface area contributed by atoms with E-state index in [9.17, 15) is 13.2 Å². The lowest BCUT2D eigenvalue weighted by atomic mass is 10.0. The van der Waals surface area contributed by atoms with Gasteiger partial charge in [0.25, 0.3) is 5.92 Å². The van der Waals surface area contributed by atoms with Crippen molar-refractivity contribution >= 4 is 5.82 Å². The molecule has 0 saturated carbocycles. The number of rotatable bonds is 2. The van der Waals surface area contributed by atoms with Crippen LogP contribution in [-0.2, 0) is 5.92 Å². The van der Waals surface area contributed by atoms with Crippen LogP contribution in [0.3, 0.4) is 0 Å². The first kappa shape index (κ1) is 11.5. The molecular formula is C11H9F3N2O. The number of anilines is 1. The number of benzene rings is 1. The fourth-order valence-corrected chi connectivity index (χ4v) is 1.40. The Morgan fingerprint density at radius 1 is 1.29 bits per heavy atom. The largest absolute Gasteiger partial charge is 0.381 e. The molecule has 17 heavy (non-hydrogen) atoms. The van der Waals surface area contributed by atoms with Crippen LogP contribution in [0.4, 0.5) is 19.0 Å². The summed E-state index contributed by atoms with van der Waals surface area (Å²) < 4.78 is 44.4. The van der Waals surface area contributed by atoms with E-state index in [-0.39, 0.29) is 22.7 Å². The number of hydrogen-bond donors (Lipinski definition) is 1. The molecule has 2 rings (SSSR count). The van der Waals surface area contributed by atoms with Crippen LogP contribution in [0.15, 0.2) is 28.8 Å². The minimum absolute atomic E-state index is 0.0195. The summed E-state index contributed by atoms with van der Waals surface area (Å²) in [7, 11) is 0. The van der Waals surface area contributed by atoms with Crippen LogP contribution in [0.5, 0.6) is 0 Å². The number of aromatic nitrogens is 1. The van der Waals surface area contributed by atoms with Crippen LogP contribution < -0.4 is 5.73 Å². The predicted octanol–water partition coefficient (Wildman–Crippen LogP) is 3.17. The van der Waals surface area contributed by atoms with Crippen LogP contribution in [0.2, 0.25) is 0 Å². The van der Waals surface area contributed by atoms with Crippen LogP contribution in [-0.4, -0.2) is 5.16 Å². The molecule has 0 atom stereocenters. The number of hydrogen-bond acceptors (Lipinski definition) is 3. The Morgan fingerprint density at radius 2 is 2.00 bits per heavy atom. The van der Waals surface area contributed by atoms with Gasteiger partial charge in [-0.2, -0.15) is 0 Å². The molecule has 0 bridgehead atoms. The van der Waals surface area contributed by atoms with Crippen molar-refractivity contribution in [2.45, 2.75) is 12.8 Å². The molecule has 0 aliphatic carbocycles. The van der Waals surface area contributed by atoms with E-state index in [4.69, 9.17) is 10.3 Å². The smallest absolute Gasteiger partial charge is 0.270 e. The number of nitrogens with two attached hydrogens (primary N) is 1. The molecular weight excluding hydrogens is 233 g/mol. The Bertz CT molecular complexity index is 546. The number of halogens is 3. The second-order valence-electron chi connectivity index (χ2n) is 3.70. The van der Waals surface area contributed by atoms with Crippen LogP contribution >= 0.6 is 0 Å². The monoisotopic (exact) mass is 242 g/mol. The second-order valence-corrected chi connectivity index (χ2v) is 3.70. The molecule has 0 saturated heterocycles. The first-order valence-electron chi connectivity index (χ1n) is 4.78. The third kappa shape index (κ3) is 2.25.